The summed E-state index contributed by atoms with van der Waals surface area (Å²) >= 11 is 0. The Morgan fingerprint density at radius 1 is 1.25 bits per heavy atom. The Morgan fingerprint density at radius 2 is 1.92 bits per heavy atom. The number of carboxylic acid groups (broad SMARTS) is 1. The van der Waals surface area contributed by atoms with Gasteiger partial charge in [0.1, 0.15) is 0 Å². The summed E-state index contributed by atoms with van der Waals surface area (Å²) in [5.74, 6) is -1.76. The number of hydrogen-bond donors (Lipinski definition) is 3. The summed E-state index contributed by atoms with van der Waals surface area (Å²) in [7, 11) is 0. The van der Waals surface area contributed by atoms with E-state index in [2.05, 4.69) is 5.32 Å². The van der Waals surface area contributed by atoms with E-state index in [1.165, 1.54) is 0 Å². The van der Waals surface area contributed by atoms with Gasteiger partial charge in [-0.2, -0.15) is 0 Å². The Morgan fingerprint density at radius 3 is 2.50 bits per heavy atom. The van der Waals surface area contributed by atoms with E-state index in [1.54, 1.807) is 0 Å². The Kier molecular flexibility index (Phi) is 8.11. The molecule has 0 radical (unpaired) electrons. The average molecular weight is 344 g/mol. The van der Waals surface area contributed by atoms with Crippen LogP contribution in [0.4, 0.5) is 13.6 Å². The maximum Gasteiger partial charge on any atom is 0.407 e. The average Bonchev–Trinajstić information content (AvgIpc) is 2.56. The third-order valence-electron chi connectivity index (χ3n) is 3.51. The summed E-state index contributed by atoms with van der Waals surface area (Å²) in [5, 5.41) is 11.1. The van der Waals surface area contributed by atoms with Gasteiger partial charge in [0.25, 0.3) is 6.43 Å². The number of carbonyl (C=O) groups excluding carboxylic acids is 1. The number of ether oxygens (including phenoxy) is 1. The Labute approximate surface area is 139 Å². The van der Waals surface area contributed by atoms with Crippen LogP contribution >= 0.6 is 0 Å². The Bertz CT molecular complexity index is 528. The molecule has 134 valence electrons. The molecule has 1 aromatic carbocycles. The lowest BCUT2D eigenvalue weighted by atomic mass is 9.95. The first-order chi connectivity index (χ1) is 11.4. The molecule has 24 heavy (non-hydrogen) atoms. The molecule has 0 spiro atoms. The van der Waals surface area contributed by atoms with Crippen molar-refractivity contribution in [1.29, 1.82) is 0 Å². The van der Waals surface area contributed by atoms with Crippen molar-refractivity contribution in [2.24, 2.45) is 5.73 Å². The first-order valence-electron chi connectivity index (χ1n) is 7.61. The fourth-order valence-electron chi connectivity index (χ4n) is 2.02. The van der Waals surface area contributed by atoms with E-state index in [1.807, 2.05) is 30.3 Å². The van der Waals surface area contributed by atoms with E-state index < -0.39 is 30.4 Å². The van der Waals surface area contributed by atoms with E-state index in [0.29, 0.717) is 6.42 Å². The van der Waals surface area contributed by atoms with E-state index in [-0.39, 0.29) is 19.6 Å². The van der Waals surface area contributed by atoms with Crippen LogP contribution in [-0.4, -0.2) is 42.3 Å². The molecule has 0 saturated heterocycles. The second-order valence-electron chi connectivity index (χ2n) is 5.40. The lowest BCUT2D eigenvalue weighted by molar-refractivity contribution is -0.150. The molecule has 1 amide bonds. The van der Waals surface area contributed by atoms with Crippen LogP contribution in [0.5, 0.6) is 0 Å². The molecule has 0 fully saturated rings. The molecule has 0 saturated carbocycles. The fourth-order valence-corrected chi connectivity index (χ4v) is 2.02. The van der Waals surface area contributed by atoms with Crippen LogP contribution in [0.2, 0.25) is 0 Å². The van der Waals surface area contributed by atoms with Crippen molar-refractivity contribution in [2.45, 2.75) is 37.6 Å². The number of nitrogens with one attached hydrogen (secondary N) is 1. The molecule has 1 unspecified atom stereocenters. The maximum absolute atomic E-state index is 12.6. The number of alkyl carbamates (subject to hydrolysis) is 1. The number of rotatable bonds is 10. The first kappa shape index (κ1) is 19.8. The van der Waals surface area contributed by atoms with Crippen LogP contribution in [0, 0.1) is 0 Å². The third kappa shape index (κ3) is 6.49. The van der Waals surface area contributed by atoms with Crippen molar-refractivity contribution in [3.05, 3.63) is 35.9 Å². The number of benzene rings is 1. The van der Waals surface area contributed by atoms with Gasteiger partial charge >= 0.3 is 12.1 Å². The number of carboxylic acids is 1. The van der Waals surface area contributed by atoms with Gasteiger partial charge in [0, 0.05) is 6.54 Å². The van der Waals surface area contributed by atoms with Gasteiger partial charge < -0.3 is 20.9 Å². The zero-order valence-corrected chi connectivity index (χ0v) is 13.2. The molecule has 1 rings (SSSR count). The smallest absolute Gasteiger partial charge is 0.407 e. The summed E-state index contributed by atoms with van der Waals surface area (Å²) in [4.78, 5) is 22.2. The number of aliphatic carboxylic acids is 1. The molecule has 0 aromatic heterocycles. The van der Waals surface area contributed by atoms with E-state index >= 15 is 0 Å². The van der Waals surface area contributed by atoms with Crippen LogP contribution in [0.15, 0.2) is 30.3 Å². The predicted octanol–water partition coefficient (Wildman–Crippen LogP) is 2.17. The minimum absolute atomic E-state index is 0.00621. The van der Waals surface area contributed by atoms with Crippen LogP contribution in [0.3, 0.4) is 0 Å². The lowest BCUT2D eigenvalue weighted by Crippen LogP contribution is -2.54. The lowest BCUT2D eigenvalue weighted by Gasteiger charge is -2.23. The van der Waals surface area contributed by atoms with Gasteiger partial charge in [-0.3, -0.25) is 0 Å². The van der Waals surface area contributed by atoms with Crippen LogP contribution in [-0.2, 0) is 16.0 Å². The first-order valence-corrected chi connectivity index (χ1v) is 7.61. The minimum atomic E-state index is -3.18. The highest BCUT2D eigenvalue weighted by Gasteiger charge is 2.43. The van der Waals surface area contributed by atoms with Crippen molar-refractivity contribution in [3.63, 3.8) is 0 Å². The molecule has 0 heterocycles. The number of nitrogens with two attached hydrogens (primary N) is 1. The highest BCUT2D eigenvalue weighted by molar-refractivity contribution is 5.79. The van der Waals surface area contributed by atoms with E-state index in [4.69, 9.17) is 15.6 Å². The van der Waals surface area contributed by atoms with Gasteiger partial charge in [0.15, 0.2) is 5.54 Å². The van der Waals surface area contributed by atoms with E-state index in [0.717, 1.165) is 12.0 Å². The molecule has 6 nitrogen and oxygen atoms in total. The highest BCUT2D eigenvalue weighted by atomic mass is 19.3. The van der Waals surface area contributed by atoms with Crippen molar-refractivity contribution in [1.82, 2.24) is 5.32 Å². The van der Waals surface area contributed by atoms with Crippen molar-refractivity contribution >= 4 is 12.1 Å². The molecular weight excluding hydrogens is 322 g/mol. The fraction of sp³-hybridized carbons (Fsp3) is 0.500. The van der Waals surface area contributed by atoms with Crippen molar-refractivity contribution in [2.75, 3.05) is 13.2 Å². The monoisotopic (exact) mass is 344 g/mol. The van der Waals surface area contributed by atoms with Gasteiger partial charge in [0.05, 0.1) is 6.61 Å². The largest absolute Gasteiger partial charge is 0.480 e. The van der Waals surface area contributed by atoms with Crippen LogP contribution < -0.4 is 11.1 Å². The van der Waals surface area contributed by atoms with Crippen molar-refractivity contribution < 1.29 is 28.2 Å². The second-order valence-corrected chi connectivity index (χ2v) is 5.40. The summed E-state index contributed by atoms with van der Waals surface area (Å²) in [5.41, 5.74) is 3.70. The zero-order chi connectivity index (χ0) is 18.0. The summed E-state index contributed by atoms with van der Waals surface area (Å²) in [6, 6.07) is 9.73. The zero-order valence-electron chi connectivity index (χ0n) is 13.2. The molecule has 8 heteroatoms. The molecule has 0 aliphatic heterocycles. The third-order valence-corrected chi connectivity index (χ3v) is 3.51. The van der Waals surface area contributed by atoms with Gasteiger partial charge in [-0.15, -0.1) is 0 Å². The normalized spacial score (nSPS) is 13.3. The molecule has 4 N–H and O–H groups in total. The summed E-state index contributed by atoms with van der Waals surface area (Å²) < 4.78 is 30.2. The van der Waals surface area contributed by atoms with E-state index in [9.17, 15) is 18.4 Å². The minimum Gasteiger partial charge on any atom is -0.480 e. The molecule has 0 aliphatic carbocycles. The number of alkyl halides is 2. The molecular formula is C16H22F2N2O4. The summed E-state index contributed by atoms with van der Waals surface area (Å²) in [6.07, 6.45) is -2.86. The van der Waals surface area contributed by atoms with Gasteiger partial charge in [-0.05, 0) is 31.2 Å². The number of aryl methyl sites for hydroxylation is 1. The topological polar surface area (TPSA) is 102 Å². The maximum atomic E-state index is 12.6. The molecule has 0 bridgehead atoms. The highest BCUT2D eigenvalue weighted by Crippen LogP contribution is 2.19. The number of amides is 1. The molecule has 1 aromatic rings. The number of hydrogen-bond acceptors (Lipinski definition) is 4. The Balaban J connectivity index is 2.14. The molecule has 0 aliphatic rings. The summed E-state index contributed by atoms with van der Waals surface area (Å²) in [6.45, 7) is 0.240. The van der Waals surface area contributed by atoms with Gasteiger partial charge in [-0.25, -0.2) is 18.4 Å². The number of halogens is 2. The van der Waals surface area contributed by atoms with Gasteiger partial charge in [-0.1, -0.05) is 30.3 Å². The second kappa shape index (κ2) is 9.82. The van der Waals surface area contributed by atoms with Crippen molar-refractivity contribution in [3.8, 4) is 0 Å². The quantitative estimate of drug-likeness (QED) is 0.565. The predicted molar refractivity (Wildman–Crippen MR) is 83.9 cm³/mol. The Hall–Kier alpha value is -2.22. The van der Waals surface area contributed by atoms with Crippen LogP contribution in [0.25, 0.3) is 0 Å². The number of carbonyl (C=O) groups is 2. The van der Waals surface area contributed by atoms with Gasteiger partial charge in [0.2, 0.25) is 0 Å². The van der Waals surface area contributed by atoms with Crippen LogP contribution in [0.1, 0.15) is 24.8 Å². The standard InChI is InChI=1S/C16H22F2N2O4/c17-13(18)16(19,14(21)22)9-5-10-20-15(23)24-11-4-8-12-6-2-1-3-7-12/h1-3,6-7,13H,4-5,8-11,19H2,(H,20,23)(H,21,22). The molecule has 1 atom stereocenters. The SMILES string of the molecule is NC(CCCNC(=O)OCCCc1ccccc1)(C(=O)O)C(F)F.